The fourth-order valence-corrected chi connectivity index (χ4v) is 2.26. The maximum atomic E-state index is 11.4. The average Bonchev–Trinajstić information content (AvgIpc) is 2.39. The molecule has 0 saturated heterocycles. The van der Waals surface area contributed by atoms with Gasteiger partial charge in [0.1, 0.15) is 5.75 Å². The second-order valence-corrected chi connectivity index (χ2v) is 4.73. The van der Waals surface area contributed by atoms with Crippen LogP contribution in [0, 0.1) is 0 Å². The zero-order valence-electron chi connectivity index (χ0n) is 9.77. The van der Waals surface area contributed by atoms with E-state index in [0.29, 0.717) is 6.42 Å². The summed E-state index contributed by atoms with van der Waals surface area (Å²) in [5.41, 5.74) is 4.48. The molecule has 1 N–H and O–H groups in total. The second kappa shape index (κ2) is 5.23. The Labute approximate surface area is 104 Å². The minimum atomic E-state index is -0.0513. The number of amides is 1. The number of nitrogens with one attached hydrogen (secondary N) is 1. The van der Waals surface area contributed by atoms with Crippen LogP contribution in [0.5, 0.6) is 5.75 Å². The van der Waals surface area contributed by atoms with Crippen molar-refractivity contribution in [3.63, 3.8) is 0 Å². The number of nitrogens with zero attached hydrogens (tertiary/aromatic N) is 1. The number of benzene rings is 1. The highest BCUT2D eigenvalue weighted by Gasteiger charge is 2.24. The van der Waals surface area contributed by atoms with Crippen LogP contribution in [-0.4, -0.2) is 30.2 Å². The van der Waals surface area contributed by atoms with E-state index in [9.17, 15) is 4.79 Å². The van der Waals surface area contributed by atoms with Gasteiger partial charge in [0, 0.05) is 6.42 Å². The van der Waals surface area contributed by atoms with Gasteiger partial charge in [-0.05, 0) is 36.1 Å². The molecule has 0 saturated carbocycles. The van der Waals surface area contributed by atoms with Gasteiger partial charge in [-0.1, -0.05) is 0 Å². The Morgan fingerprint density at radius 1 is 1.41 bits per heavy atom. The van der Waals surface area contributed by atoms with E-state index in [2.05, 4.69) is 10.5 Å². The zero-order chi connectivity index (χ0) is 12.3. The second-order valence-electron chi connectivity index (χ2n) is 3.69. The zero-order valence-corrected chi connectivity index (χ0v) is 10.6. The molecule has 5 heteroatoms. The largest absolute Gasteiger partial charge is 0.497 e. The van der Waals surface area contributed by atoms with E-state index >= 15 is 0 Å². The van der Waals surface area contributed by atoms with E-state index in [1.54, 1.807) is 18.9 Å². The minimum Gasteiger partial charge on any atom is -0.497 e. The predicted molar refractivity (Wildman–Crippen MR) is 69.6 cm³/mol. The highest BCUT2D eigenvalue weighted by Crippen LogP contribution is 2.20. The van der Waals surface area contributed by atoms with Gasteiger partial charge in [-0.2, -0.15) is 16.9 Å². The topological polar surface area (TPSA) is 50.7 Å². The Kier molecular flexibility index (Phi) is 3.68. The summed E-state index contributed by atoms with van der Waals surface area (Å²) in [6.45, 7) is 0. The fraction of sp³-hybridized carbons (Fsp3) is 0.333. The Balaban J connectivity index is 2.19. The van der Waals surface area contributed by atoms with Gasteiger partial charge in [-0.3, -0.25) is 4.79 Å². The van der Waals surface area contributed by atoms with E-state index in [0.717, 1.165) is 17.0 Å². The first kappa shape index (κ1) is 12.0. The van der Waals surface area contributed by atoms with E-state index < -0.39 is 0 Å². The standard InChI is InChI=1S/C12H14N2O2S/c1-16-9-5-3-8(4-6-9)10-7-11(17-2)12(15)14-13-10/h3-6,11H,7H2,1-2H3,(H,14,15). The Bertz CT molecular complexity index is 442. The van der Waals surface area contributed by atoms with E-state index in [1.165, 1.54) is 0 Å². The molecule has 1 atom stereocenters. The number of hydrogen-bond donors (Lipinski definition) is 1. The van der Waals surface area contributed by atoms with Crippen molar-refractivity contribution in [1.29, 1.82) is 0 Å². The molecule has 1 aliphatic heterocycles. The Morgan fingerprint density at radius 3 is 2.71 bits per heavy atom. The summed E-state index contributed by atoms with van der Waals surface area (Å²) in [4.78, 5) is 11.4. The summed E-state index contributed by atoms with van der Waals surface area (Å²) in [6, 6.07) is 7.68. The van der Waals surface area contributed by atoms with Crippen LogP contribution < -0.4 is 10.2 Å². The SMILES string of the molecule is COc1ccc(C2=NNC(=O)C(SC)C2)cc1. The number of rotatable bonds is 3. The van der Waals surface area contributed by atoms with Crippen LogP contribution in [0.25, 0.3) is 0 Å². The van der Waals surface area contributed by atoms with Crippen molar-refractivity contribution in [2.24, 2.45) is 5.10 Å². The molecule has 0 fully saturated rings. The number of carbonyl (C=O) groups excluding carboxylic acids is 1. The third-order valence-electron chi connectivity index (χ3n) is 2.68. The first-order chi connectivity index (χ1) is 8.24. The van der Waals surface area contributed by atoms with Gasteiger partial charge >= 0.3 is 0 Å². The highest BCUT2D eigenvalue weighted by molar-refractivity contribution is 7.99. The molecule has 90 valence electrons. The molecule has 1 aromatic carbocycles. The van der Waals surface area contributed by atoms with Crippen LogP contribution in [0.2, 0.25) is 0 Å². The van der Waals surface area contributed by atoms with Crippen molar-refractivity contribution in [2.75, 3.05) is 13.4 Å². The molecular weight excluding hydrogens is 236 g/mol. The van der Waals surface area contributed by atoms with Crippen molar-refractivity contribution in [3.05, 3.63) is 29.8 Å². The quantitative estimate of drug-likeness (QED) is 0.887. The van der Waals surface area contributed by atoms with E-state index in [4.69, 9.17) is 4.74 Å². The van der Waals surface area contributed by atoms with Gasteiger partial charge in [-0.25, -0.2) is 5.43 Å². The molecule has 4 nitrogen and oxygen atoms in total. The molecule has 0 aromatic heterocycles. The molecule has 1 amide bonds. The van der Waals surface area contributed by atoms with Crippen LogP contribution in [-0.2, 0) is 4.79 Å². The Hall–Kier alpha value is -1.49. The molecule has 0 radical (unpaired) electrons. The van der Waals surface area contributed by atoms with Gasteiger partial charge < -0.3 is 4.74 Å². The molecule has 1 heterocycles. The van der Waals surface area contributed by atoms with Crippen molar-refractivity contribution >= 4 is 23.4 Å². The lowest BCUT2D eigenvalue weighted by Crippen LogP contribution is -2.36. The summed E-state index contributed by atoms with van der Waals surface area (Å²) in [6.07, 6.45) is 2.60. The molecule has 17 heavy (non-hydrogen) atoms. The molecule has 0 bridgehead atoms. The molecule has 1 unspecified atom stereocenters. The van der Waals surface area contributed by atoms with Crippen LogP contribution in [0.4, 0.5) is 0 Å². The molecule has 0 spiro atoms. The van der Waals surface area contributed by atoms with Crippen molar-refractivity contribution in [2.45, 2.75) is 11.7 Å². The normalized spacial score (nSPS) is 19.5. The molecule has 1 aromatic rings. The maximum absolute atomic E-state index is 11.4. The van der Waals surface area contributed by atoms with E-state index in [-0.39, 0.29) is 11.2 Å². The molecule has 1 aliphatic rings. The Morgan fingerprint density at radius 2 is 2.12 bits per heavy atom. The molecular formula is C12H14N2O2S. The van der Waals surface area contributed by atoms with Crippen LogP contribution in [0.1, 0.15) is 12.0 Å². The van der Waals surface area contributed by atoms with Crippen molar-refractivity contribution in [1.82, 2.24) is 5.43 Å². The molecule has 0 aliphatic carbocycles. The summed E-state index contributed by atoms with van der Waals surface area (Å²) < 4.78 is 5.10. The third-order valence-corrected chi connectivity index (χ3v) is 3.63. The van der Waals surface area contributed by atoms with Gasteiger partial charge in [-0.15, -0.1) is 0 Å². The first-order valence-electron chi connectivity index (χ1n) is 5.28. The average molecular weight is 250 g/mol. The van der Waals surface area contributed by atoms with E-state index in [1.807, 2.05) is 30.5 Å². The minimum absolute atomic E-state index is 0.0187. The monoisotopic (exact) mass is 250 g/mol. The third kappa shape index (κ3) is 2.61. The lowest BCUT2D eigenvalue weighted by atomic mass is 10.0. The first-order valence-corrected chi connectivity index (χ1v) is 6.57. The fourth-order valence-electron chi connectivity index (χ4n) is 1.66. The summed E-state index contributed by atoms with van der Waals surface area (Å²) in [5, 5.41) is 4.05. The lowest BCUT2D eigenvalue weighted by Gasteiger charge is -2.19. The summed E-state index contributed by atoms with van der Waals surface area (Å²) in [5.74, 6) is 0.797. The smallest absolute Gasteiger partial charge is 0.253 e. The molecule has 2 rings (SSSR count). The van der Waals surface area contributed by atoms with Crippen LogP contribution >= 0.6 is 11.8 Å². The van der Waals surface area contributed by atoms with Gasteiger partial charge in [0.05, 0.1) is 18.1 Å². The van der Waals surface area contributed by atoms with Crippen molar-refractivity contribution < 1.29 is 9.53 Å². The maximum Gasteiger partial charge on any atom is 0.253 e. The predicted octanol–water partition coefficient (Wildman–Crippen LogP) is 1.65. The van der Waals surface area contributed by atoms with Crippen LogP contribution in [0.15, 0.2) is 29.4 Å². The lowest BCUT2D eigenvalue weighted by molar-refractivity contribution is -0.120. The number of thioether (sulfide) groups is 1. The van der Waals surface area contributed by atoms with Gasteiger partial charge in [0.25, 0.3) is 5.91 Å². The summed E-state index contributed by atoms with van der Waals surface area (Å²) in [7, 11) is 1.64. The van der Waals surface area contributed by atoms with Crippen molar-refractivity contribution in [3.8, 4) is 5.75 Å². The van der Waals surface area contributed by atoms with Gasteiger partial charge in [0.15, 0.2) is 0 Å². The summed E-state index contributed by atoms with van der Waals surface area (Å²) >= 11 is 1.54. The highest BCUT2D eigenvalue weighted by atomic mass is 32.2. The number of methoxy groups -OCH3 is 1. The van der Waals surface area contributed by atoms with Crippen LogP contribution in [0.3, 0.4) is 0 Å². The number of carbonyl (C=O) groups is 1. The van der Waals surface area contributed by atoms with Gasteiger partial charge in [0.2, 0.25) is 0 Å². The number of hydrazone groups is 1. The number of hydrogen-bond acceptors (Lipinski definition) is 4. The number of ether oxygens (including phenoxy) is 1.